The third-order valence-electron chi connectivity index (χ3n) is 2.38. The molecule has 0 fully saturated rings. The zero-order valence-electron chi connectivity index (χ0n) is 11.2. The maximum absolute atomic E-state index is 11.8. The SMILES string of the molecule is CC(C)(C)OC(=O)Nc1cc(CO)cn2nccc12. The summed E-state index contributed by atoms with van der Waals surface area (Å²) in [7, 11) is 0. The molecule has 0 saturated carbocycles. The number of rotatable bonds is 2. The number of ether oxygens (including phenoxy) is 1. The van der Waals surface area contributed by atoms with Crippen LogP contribution in [-0.2, 0) is 11.3 Å². The van der Waals surface area contributed by atoms with Crippen LogP contribution in [0.25, 0.3) is 5.52 Å². The van der Waals surface area contributed by atoms with Crippen molar-refractivity contribution in [2.45, 2.75) is 33.0 Å². The number of fused-ring (bicyclic) bond motifs is 1. The lowest BCUT2D eigenvalue weighted by Gasteiger charge is -2.20. The third-order valence-corrected chi connectivity index (χ3v) is 2.38. The summed E-state index contributed by atoms with van der Waals surface area (Å²) in [4.78, 5) is 11.8. The lowest BCUT2D eigenvalue weighted by atomic mass is 10.2. The van der Waals surface area contributed by atoms with E-state index in [4.69, 9.17) is 4.74 Å². The van der Waals surface area contributed by atoms with Crippen molar-refractivity contribution in [1.29, 1.82) is 0 Å². The fourth-order valence-electron chi connectivity index (χ4n) is 1.68. The van der Waals surface area contributed by atoms with Gasteiger partial charge in [0.05, 0.1) is 24.0 Å². The molecule has 2 rings (SSSR count). The first-order chi connectivity index (χ1) is 8.89. The highest BCUT2D eigenvalue weighted by atomic mass is 16.6. The Balaban J connectivity index is 2.29. The number of nitrogens with one attached hydrogen (secondary N) is 1. The van der Waals surface area contributed by atoms with Gasteiger partial charge in [-0.15, -0.1) is 0 Å². The fourth-order valence-corrected chi connectivity index (χ4v) is 1.68. The van der Waals surface area contributed by atoms with E-state index in [-0.39, 0.29) is 6.61 Å². The Hall–Kier alpha value is -2.08. The van der Waals surface area contributed by atoms with E-state index in [1.165, 1.54) is 0 Å². The summed E-state index contributed by atoms with van der Waals surface area (Å²) >= 11 is 0. The number of pyridine rings is 1. The van der Waals surface area contributed by atoms with E-state index in [1.807, 2.05) is 0 Å². The van der Waals surface area contributed by atoms with Gasteiger partial charge in [-0.3, -0.25) is 5.32 Å². The number of carbonyl (C=O) groups is 1. The van der Waals surface area contributed by atoms with Crippen LogP contribution in [0.3, 0.4) is 0 Å². The van der Waals surface area contributed by atoms with Crippen molar-refractivity contribution in [3.63, 3.8) is 0 Å². The van der Waals surface area contributed by atoms with E-state index < -0.39 is 11.7 Å². The minimum atomic E-state index is -0.560. The molecule has 19 heavy (non-hydrogen) atoms. The molecule has 0 unspecified atom stereocenters. The maximum atomic E-state index is 11.8. The van der Waals surface area contributed by atoms with Gasteiger partial charge in [-0.05, 0) is 38.5 Å². The van der Waals surface area contributed by atoms with E-state index in [0.717, 1.165) is 5.52 Å². The second-order valence-corrected chi connectivity index (χ2v) is 5.21. The predicted molar refractivity (Wildman–Crippen MR) is 71.0 cm³/mol. The molecule has 2 aromatic rings. The minimum Gasteiger partial charge on any atom is -0.444 e. The molecule has 0 saturated heterocycles. The number of hydrogen-bond donors (Lipinski definition) is 2. The van der Waals surface area contributed by atoms with Gasteiger partial charge >= 0.3 is 6.09 Å². The number of carbonyl (C=O) groups excluding carboxylic acids is 1. The highest BCUT2D eigenvalue weighted by Gasteiger charge is 2.17. The van der Waals surface area contributed by atoms with Crippen LogP contribution in [0, 0.1) is 0 Å². The molecule has 0 aliphatic rings. The van der Waals surface area contributed by atoms with Gasteiger partial charge in [-0.1, -0.05) is 0 Å². The topological polar surface area (TPSA) is 75.9 Å². The summed E-state index contributed by atoms with van der Waals surface area (Å²) in [6.45, 7) is 5.26. The van der Waals surface area contributed by atoms with Crippen LogP contribution < -0.4 is 5.32 Å². The van der Waals surface area contributed by atoms with Gasteiger partial charge in [0.15, 0.2) is 0 Å². The van der Waals surface area contributed by atoms with Gasteiger partial charge in [-0.25, -0.2) is 9.31 Å². The van der Waals surface area contributed by atoms with E-state index >= 15 is 0 Å². The van der Waals surface area contributed by atoms with Crippen molar-refractivity contribution in [2.75, 3.05) is 5.32 Å². The average Bonchev–Trinajstić information content (AvgIpc) is 2.74. The highest BCUT2D eigenvalue weighted by Crippen LogP contribution is 2.20. The van der Waals surface area contributed by atoms with Crippen LogP contribution in [0.4, 0.5) is 10.5 Å². The number of aromatic nitrogens is 2. The van der Waals surface area contributed by atoms with Gasteiger partial charge in [0.2, 0.25) is 0 Å². The number of aliphatic hydroxyl groups excluding tert-OH is 1. The van der Waals surface area contributed by atoms with Crippen molar-refractivity contribution < 1.29 is 14.6 Å². The van der Waals surface area contributed by atoms with Crippen molar-refractivity contribution >= 4 is 17.3 Å². The van der Waals surface area contributed by atoms with Crippen molar-refractivity contribution in [3.05, 3.63) is 30.1 Å². The smallest absolute Gasteiger partial charge is 0.412 e. The zero-order chi connectivity index (χ0) is 14.0. The van der Waals surface area contributed by atoms with Crippen molar-refractivity contribution in [2.24, 2.45) is 0 Å². The van der Waals surface area contributed by atoms with Crippen LogP contribution in [0.5, 0.6) is 0 Å². The van der Waals surface area contributed by atoms with Crippen molar-refractivity contribution in [3.8, 4) is 0 Å². The standard InChI is InChI=1S/C13H17N3O3/c1-13(2,3)19-12(18)15-10-6-9(8-17)7-16-11(10)4-5-14-16/h4-7,17H,8H2,1-3H3,(H,15,18). The summed E-state index contributed by atoms with van der Waals surface area (Å²) in [5, 5.41) is 15.9. The maximum Gasteiger partial charge on any atom is 0.412 e. The van der Waals surface area contributed by atoms with E-state index in [2.05, 4.69) is 10.4 Å². The molecule has 1 amide bonds. The van der Waals surface area contributed by atoms with Gasteiger partial charge in [0.25, 0.3) is 0 Å². The molecular weight excluding hydrogens is 246 g/mol. The van der Waals surface area contributed by atoms with Crippen LogP contribution >= 0.6 is 0 Å². The lowest BCUT2D eigenvalue weighted by molar-refractivity contribution is 0.0636. The van der Waals surface area contributed by atoms with E-state index in [9.17, 15) is 9.90 Å². The molecule has 6 heteroatoms. The molecule has 0 atom stereocenters. The van der Waals surface area contributed by atoms with Crippen molar-refractivity contribution in [1.82, 2.24) is 9.61 Å². The summed E-state index contributed by atoms with van der Waals surface area (Å²) in [6, 6.07) is 3.47. The number of aliphatic hydroxyl groups is 1. The predicted octanol–water partition coefficient (Wildman–Crippen LogP) is 2.17. The summed E-state index contributed by atoms with van der Waals surface area (Å²) in [5.74, 6) is 0. The minimum absolute atomic E-state index is 0.126. The molecular formula is C13H17N3O3. The van der Waals surface area contributed by atoms with Crippen LogP contribution in [0.15, 0.2) is 24.5 Å². The largest absolute Gasteiger partial charge is 0.444 e. The molecule has 0 bridgehead atoms. The molecule has 2 heterocycles. The molecule has 0 aliphatic heterocycles. The van der Waals surface area contributed by atoms with Gasteiger partial charge < -0.3 is 9.84 Å². The van der Waals surface area contributed by atoms with Crippen LogP contribution in [-0.4, -0.2) is 26.4 Å². The number of hydrogen-bond acceptors (Lipinski definition) is 4. The second-order valence-electron chi connectivity index (χ2n) is 5.21. The zero-order valence-corrected chi connectivity index (χ0v) is 11.2. The Labute approximate surface area is 111 Å². The summed E-state index contributed by atoms with van der Waals surface area (Å²) < 4.78 is 6.79. The quantitative estimate of drug-likeness (QED) is 0.870. The molecule has 0 spiro atoms. The highest BCUT2D eigenvalue weighted by molar-refractivity contribution is 5.90. The summed E-state index contributed by atoms with van der Waals surface area (Å²) in [5.41, 5.74) is 1.39. The first kappa shape index (κ1) is 13.4. The third kappa shape index (κ3) is 3.23. The van der Waals surface area contributed by atoms with Crippen LogP contribution in [0.1, 0.15) is 26.3 Å². The normalized spacial score (nSPS) is 11.6. The molecule has 0 aromatic carbocycles. The molecule has 6 nitrogen and oxygen atoms in total. The Bertz CT molecular complexity index is 599. The molecule has 2 aromatic heterocycles. The molecule has 0 aliphatic carbocycles. The fraction of sp³-hybridized carbons (Fsp3) is 0.385. The van der Waals surface area contributed by atoms with Gasteiger partial charge in [-0.2, -0.15) is 5.10 Å². The average molecular weight is 263 g/mol. The van der Waals surface area contributed by atoms with E-state index in [1.54, 1.807) is 49.8 Å². The van der Waals surface area contributed by atoms with Gasteiger partial charge in [0.1, 0.15) is 5.60 Å². The molecule has 2 N–H and O–H groups in total. The van der Waals surface area contributed by atoms with Gasteiger partial charge in [0, 0.05) is 6.20 Å². The second kappa shape index (κ2) is 4.89. The monoisotopic (exact) mass is 263 g/mol. The number of anilines is 1. The summed E-state index contributed by atoms with van der Waals surface area (Å²) in [6.07, 6.45) is 2.79. The Morgan fingerprint density at radius 2 is 2.26 bits per heavy atom. The lowest BCUT2D eigenvalue weighted by Crippen LogP contribution is -2.27. The number of nitrogens with zero attached hydrogens (tertiary/aromatic N) is 2. The molecule has 0 radical (unpaired) electrons. The number of amides is 1. The Morgan fingerprint density at radius 3 is 2.89 bits per heavy atom. The Morgan fingerprint density at radius 1 is 1.53 bits per heavy atom. The Kier molecular flexibility index (Phi) is 3.44. The van der Waals surface area contributed by atoms with Crippen LogP contribution in [0.2, 0.25) is 0 Å². The first-order valence-electron chi connectivity index (χ1n) is 5.96. The first-order valence-corrected chi connectivity index (χ1v) is 5.96. The van der Waals surface area contributed by atoms with E-state index in [0.29, 0.717) is 11.3 Å². The molecule has 102 valence electrons.